The Morgan fingerprint density at radius 3 is 2.40 bits per heavy atom. The summed E-state index contributed by atoms with van der Waals surface area (Å²) in [7, 11) is 0. The zero-order valence-electron chi connectivity index (χ0n) is 12.4. The minimum atomic E-state index is -0.971. The number of nitrogens with one attached hydrogen (secondary N) is 3. The SMILES string of the molecule is O=C(Nc1ccc(Cl)c([N+](=O)[O-])c1)C(=O)Nc1ccc2cn[nH]c2c1. The van der Waals surface area contributed by atoms with Crippen LogP contribution in [0.25, 0.3) is 10.9 Å². The van der Waals surface area contributed by atoms with E-state index in [1.165, 1.54) is 12.1 Å². The second-order valence-electron chi connectivity index (χ2n) is 5.00. The summed E-state index contributed by atoms with van der Waals surface area (Å²) in [4.78, 5) is 34.1. The number of hydrogen-bond acceptors (Lipinski definition) is 5. The van der Waals surface area contributed by atoms with Crippen molar-refractivity contribution in [3.8, 4) is 0 Å². The van der Waals surface area contributed by atoms with Crippen molar-refractivity contribution < 1.29 is 14.5 Å². The van der Waals surface area contributed by atoms with Crippen molar-refractivity contribution in [2.45, 2.75) is 0 Å². The van der Waals surface area contributed by atoms with Crippen LogP contribution in [0.1, 0.15) is 0 Å². The van der Waals surface area contributed by atoms with Crippen LogP contribution in [0.2, 0.25) is 5.02 Å². The molecule has 126 valence electrons. The summed E-state index contributed by atoms with van der Waals surface area (Å²) in [6.45, 7) is 0. The molecule has 25 heavy (non-hydrogen) atoms. The molecule has 0 aliphatic carbocycles. The molecule has 1 heterocycles. The van der Waals surface area contributed by atoms with E-state index >= 15 is 0 Å². The molecule has 0 aliphatic rings. The van der Waals surface area contributed by atoms with Gasteiger partial charge in [0.05, 0.1) is 16.6 Å². The normalized spacial score (nSPS) is 10.4. The second kappa shape index (κ2) is 6.57. The number of nitrogens with zero attached hydrogens (tertiary/aromatic N) is 2. The van der Waals surface area contributed by atoms with Crippen molar-refractivity contribution in [2.24, 2.45) is 0 Å². The van der Waals surface area contributed by atoms with Crippen LogP contribution in [0.4, 0.5) is 17.1 Å². The van der Waals surface area contributed by atoms with E-state index in [-0.39, 0.29) is 16.4 Å². The number of rotatable bonds is 3. The molecule has 3 aromatic rings. The Labute approximate surface area is 145 Å². The molecule has 2 aromatic carbocycles. The molecule has 9 nitrogen and oxygen atoms in total. The first kappa shape index (κ1) is 16.4. The second-order valence-corrected chi connectivity index (χ2v) is 5.41. The van der Waals surface area contributed by atoms with E-state index < -0.39 is 16.7 Å². The Hall–Kier alpha value is -3.46. The summed E-state index contributed by atoms with van der Waals surface area (Å²) in [5.41, 5.74) is 0.815. The summed E-state index contributed by atoms with van der Waals surface area (Å²) in [6, 6.07) is 8.67. The highest BCUT2D eigenvalue weighted by molar-refractivity contribution is 6.43. The van der Waals surface area contributed by atoms with Crippen molar-refractivity contribution >= 4 is 51.4 Å². The monoisotopic (exact) mass is 359 g/mol. The number of nitro benzene ring substituents is 1. The summed E-state index contributed by atoms with van der Waals surface area (Å²) >= 11 is 5.69. The number of hydrogen-bond donors (Lipinski definition) is 3. The number of halogens is 1. The van der Waals surface area contributed by atoms with Crippen LogP contribution in [0.5, 0.6) is 0 Å². The van der Waals surface area contributed by atoms with Crippen LogP contribution in [-0.2, 0) is 9.59 Å². The third-order valence-electron chi connectivity index (χ3n) is 3.31. The van der Waals surface area contributed by atoms with Gasteiger partial charge < -0.3 is 10.6 Å². The van der Waals surface area contributed by atoms with E-state index in [0.717, 1.165) is 11.5 Å². The molecule has 0 unspecified atom stereocenters. The smallest absolute Gasteiger partial charge is 0.314 e. The highest BCUT2D eigenvalue weighted by atomic mass is 35.5. The molecule has 2 amide bonds. The molecule has 0 saturated heterocycles. The number of anilines is 2. The lowest BCUT2D eigenvalue weighted by Crippen LogP contribution is -2.29. The van der Waals surface area contributed by atoms with Crippen molar-refractivity contribution in [2.75, 3.05) is 10.6 Å². The number of H-pyrrole nitrogens is 1. The van der Waals surface area contributed by atoms with Gasteiger partial charge in [-0.2, -0.15) is 5.10 Å². The third-order valence-corrected chi connectivity index (χ3v) is 3.63. The van der Waals surface area contributed by atoms with Crippen LogP contribution in [0, 0.1) is 10.1 Å². The standard InChI is InChI=1S/C15H10ClN5O4/c16-11-4-3-10(6-13(11)21(24)25)19-15(23)14(22)18-9-2-1-8-7-17-20-12(8)5-9/h1-7H,(H,17,20)(H,18,22)(H,19,23). The van der Waals surface area contributed by atoms with Gasteiger partial charge in [-0.3, -0.25) is 24.8 Å². The molecular formula is C15H10ClN5O4. The van der Waals surface area contributed by atoms with Gasteiger partial charge in [-0.15, -0.1) is 0 Å². The van der Waals surface area contributed by atoms with Crippen molar-refractivity contribution in [1.82, 2.24) is 10.2 Å². The molecule has 0 fully saturated rings. The van der Waals surface area contributed by atoms with Gasteiger partial charge in [0.1, 0.15) is 5.02 Å². The van der Waals surface area contributed by atoms with E-state index in [9.17, 15) is 19.7 Å². The Morgan fingerprint density at radius 2 is 1.72 bits per heavy atom. The van der Waals surface area contributed by atoms with Crippen LogP contribution in [0.3, 0.4) is 0 Å². The highest BCUT2D eigenvalue weighted by Crippen LogP contribution is 2.27. The van der Waals surface area contributed by atoms with Gasteiger partial charge in [-0.25, -0.2) is 0 Å². The first-order valence-electron chi connectivity index (χ1n) is 6.93. The lowest BCUT2D eigenvalue weighted by atomic mass is 10.2. The van der Waals surface area contributed by atoms with Gasteiger partial charge in [-0.1, -0.05) is 11.6 Å². The van der Waals surface area contributed by atoms with Crippen molar-refractivity contribution in [3.63, 3.8) is 0 Å². The van der Waals surface area contributed by atoms with Crippen LogP contribution in [0.15, 0.2) is 42.6 Å². The van der Waals surface area contributed by atoms with E-state index in [1.807, 2.05) is 0 Å². The highest BCUT2D eigenvalue weighted by Gasteiger charge is 2.18. The van der Waals surface area contributed by atoms with E-state index in [2.05, 4.69) is 20.8 Å². The predicted octanol–water partition coefficient (Wildman–Crippen LogP) is 2.70. The predicted molar refractivity (Wildman–Crippen MR) is 91.5 cm³/mol. The Balaban J connectivity index is 1.71. The van der Waals surface area contributed by atoms with Crippen LogP contribution >= 0.6 is 11.6 Å². The lowest BCUT2D eigenvalue weighted by molar-refractivity contribution is -0.384. The minimum absolute atomic E-state index is 0.0692. The number of fused-ring (bicyclic) bond motifs is 1. The number of amides is 2. The molecule has 0 radical (unpaired) electrons. The minimum Gasteiger partial charge on any atom is -0.318 e. The van der Waals surface area contributed by atoms with Gasteiger partial charge in [-0.05, 0) is 30.3 Å². The molecule has 0 spiro atoms. The van der Waals surface area contributed by atoms with Gasteiger partial charge in [0.25, 0.3) is 5.69 Å². The molecule has 0 bridgehead atoms. The third kappa shape index (κ3) is 3.56. The quantitative estimate of drug-likeness (QED) is 0.376. The molecule has 3 rings (SSSR count). The fourth-order valence-electron chi connectivity index (χ4n) is 2.12. The first-order chi connectivity index (χ1) is 11.9. The van der Waals surface area contributed by atoms with Gasteiger partial charge in [0.2, 0.25) is 0 Å². The molecule has 0 aliphatic heterocycles. The zero-order chi connectivity index (χ0) is 18.0. The maximum atomic E-state index is 12.0. The number of aromatic amines is 1. The summed E-state index contributed by atoms with van der Waals surface area (Å²) in [6.07, 6.45) is 1.63. The van der Waals surface area contributed by atoms with E-state index in [4.69, 9.17) is 11.6 Å². The molecule has 0 atom stereocenters. The van der Waals surface area contributed by atoms with Gasteiger partial charge in [0.15, 0.2) is 0 Å². The van der Waals surface area contributed by atoms with Crippen molar-refractivity contribution in [1.29, 1.82) is 0 Å². The fourth-order valence-corrected chi connectivity index (χ4v) is 2.31. The summed E-state index contributed by atoms with van der Waals surface area (Å²) in [5, 5.41) is 23.0. The molecule has 3 N–H and O–H groups in total. The maximum absolute atomic E-state index is 12.0. The van der Waals surface area contributed by atoms with Gasteiger partial charge in [0, 0.05) is 22.8 Å². The first-order valence-corrected chi connectivity index (χ1v) is 7.31. The average molecular weight is 360 g/mol. The number of benzene rings is 2. The summed E-state index contributed by atoms with van der Waals surface area (Å²) in [5.74, 6) is -1.89. The lowest BCUT2D eigenvalue weighted by Gasteiger charge is -2.07. The van der Waals surface area contributed by atoms with Crippen LogP contribution in [-0.4, -0.2) is 26.9 Å². The van der Waals surface area contributed by atoms with Gasteiger partial charge >= 0.3 is 11.8 Å². The largest absolute Gasteiger partial charge is 0.318 e. The Bertz CT molecular complexity index is 1000. The van der Waals surface area contributed by atoms with Crippen molar-refractivity contribution in [3.05, 3.63) is 57.7 Å². The summed E-state index contributed by atoms with van der Waals surface area (Å²) < 4.78 is 0. The number of aromatic nitrogens is 2. The number of carbonyl (C=O) groups excluding carboxylic acids is 2. The molecule has 0 saturated carbocycles. The number of carbonyl (C=O) groups is 2. The van der Waals surface area contributed by atoms with E-state index in [1.54, 1.807) is 24.4 Å². The topological polar surface area (TPSA) is 130 Å². The molecule has 10 heteroatoms. The molecular weight excluding hydrogens is 350 g/mol. The Morgan fingerprint density at radius 1 is 1.08 bits per heavy atom. The van der Waals surface area contributed by atoms with Crippen LogP contribution < -0.4 is 10.6 Å². The average Bonchev–Trinajstić information content (AvgIpc) is 3.04. The van der Waals surface area contributed by atoms with E-state index in [0.29, 0.717) is 11.2 Å². The number of nitro groups is 1. The Kier molecular flexibility index (Phi) is 4.31. The fraction of sp³-hybridized carbons (Fsp3) is 0. The zero-order valence-corrected chi connectivity index (χ0v) is 13.2. The maximum Gasteiger partial charge on any atom is 0.314 e. The molecule has 1 aromatic heterocycles.